The second kappa shape index (κ2) is 5.88. The van der Waals surface area contributed by atoms with Gasteiger partial charge < -0.3 is 5.32 Å². The number of nitrogens with one attached hydrogen (secondary N) is 1. The molecule has 2 aliphatic rings. The van der Waals surface area contributed by atoms with Gasteiger partial charge in [0, 0.05) is 17.5 Å². The third-order valence-corrected chi connectivity index (χ3v) is 5.01. The highest BCUT2D eigenvalue weighted by Crippen LogP contribution is 2.39. The minimum atomic E-state index is 0.539. The Morgan fingerprint density at radius 3 is 2.60 bits per heavy atom. The molecule has 0 aliphatic heterocycles. The lowest BCUT2D eigenvalue weighted by atomic mass is 10.0. The quantitative estimate of drug-likeness (QED) is 0.648. The second-order valence-corrected chi connectivity index (χ2v) is 6.93. The Labute approximate surface area is 126 Å². The fourth-order valence-corrected chi connectivity index (χ4v) is 3.17. The molecule has 1 aromatic rings. The average molecular weight is 294 g/mol. The van der Waals surface area contributed by atoms with Crippen LogP contribution in [0.15, 0.2) is 0 Å². The van der Waals surface area contributed by atoms with E-state index in [2.05, 4.69) is 17.2 Å². The Balaban J connectivity index is 1.75. The van der Waals surface area contributed by atoms with Gasteiger partial charge in [-0.15, -0.1) is 0 Å². The lowest BCUT2D eigenvalue weighted by molar-refractivity contribution is 0.501. The van der Waals surface area contributed by atoms with Crippen LogP contribution in [0.1, 0.15) is 69.2 Å². The normalized spacial score (nSPS) is 27.1. The predicted octanol–water partition coefficient (Wildman–Crippen LogP) is 4.70. The maximum Gasteiger partial charge on any atom is 0.137 e. The van der Waals surface area contributed by atoms with E-state index in [-0.39, 0.29) is 0 Å². The molecule has 1 N–H and O–H groups in total. The van der Waals surface area contributed by atoms with Gasteiger partial charge in [0.2, 0.25) is 0 Å². The summed E-state index contributed by atoms with van der Waals surface area (Å²) >= 11 is 6.27. The van der Waals surface area contributed by atoms with Crippen molar-refractivity contribution in [3.8, 4) is 0 Å². The highest BCUT2D eigenvalue weighted by atomic mass is 35.5. The molecule has 2 fully saturated rings. The maximum absolute atomic E-state index is 6.27. The molecule has 2 atom stereocenters. The Kier molecular flexibility index (Phi) is 4.16. The van der Waals surface area contributed by atoms with Crippen molar-refractivity contribution in [1.29, 1.82) is 0 Å². The summed E-state index contributed by atoms with van der Waals surface area (Å²) in [6.45, 7) is 4.38. The number of anilines is 1. The van der Waals surface area contributed by atoms with E-state index in [4.69, 9.17) is 16.6 Å². The van der Waals surface area contributed by atoms with Crippen LogP contribution in [0.3, 0.4) is 0 Å². The topological polar surface area (TPSA) is 37.8 Å². The Hall–Kier alpha value is -0.830. The van der Waals surface area contributed by atoms with Crippen molar-refractivity contribution in [2.75, 3.05) is 5.32 Å². The Morgan fingerprint density at radius 1 is 1.05 bits per heavy atom. The van der Waals surface area contributed by atoms with Crippen molar-refractivity contribution in [2.45, 2.75) is 70.8 Å². The Bertz CT molecular complexity index is 485. The van der Waals surface area contributed by atoms with Crippen LogP contribution < -0.4 is 5.32 Å². The maximum atomic E-state index is 6.27. The largest absolute Gasteiger partial charge is 0.367 e. The summed E-state index contributed by atoms with van der Waals surface area (Å²) in [7, 11) is 0. The molecule has 0 saturated heterocycles. The second-order valence-electron chi connectivity index (χ2n) is 6.58. The molecule has 0 amide bonds. The van der Waals surface area contributed by atoms with Gasteiger partial charge in [-0.1, -0.05) is 31.4 Å². The lowest BCUT2D eigenvalue weighted by Crippen LogP contribution is -2.20. The summed E-state index contributed by atoms with van der Waals surface area (Å²) in [6, 6.07) is 0.539. The number of rotatable bonds is 3. The van der Waals surface area contributed by atoms with Crippen LogP contribution in [-0.4, -0.2) is 16.0 Å². The van der Waals surface area contributed by atoms with E-state index in [1.54, 1.807) is 0 Å². The van der Waals surface area contributed by atoms with Crippen LogP contribution >= 0.6 is 11.6 Å². The Morgan fingerprint density at radius 2 is 1.85 bits per heavy atom. The van der Waals surface area contributed by atoms with Crippen LogP contribution in [0.2, 0.25) is 5.15 Å². The zero-order chi connectivity index (χ0) is 14.1. The summed E-state index contributed by atoms with van der Waals surface area (Å²) in [4.78, 5) is 9.17. The van der Waals surface area contributed by atoms with Gasteiger partial charge in [-0.05, 0) is 44.9 Å². The molecule has 0 bridgehead atoms. The monoisotopic (exact) mass is 293 g/mol. The van der Waals surface area contributed by atoms with Gasteiger partial charge in [-0.25, -0.2) is 9.97 Å². The van der Waals surface area contributed by atoms with Gasteiger partial charge in [-0.3, -0.25) is 0 Å². The van der Waals surface area contributed by atoms with Crippen molar-refractivity contribution in [3.05, 3.63) is 16.5 Å². The molecule has 3 nitrogen and oxygen atoms in total. The van der Waals surface area contributed by atoms with E-state index < -0.39 is 0 Å². The van der Waals surface area contributed by atoms with Gasteiger partial charge >= 0.3 is 0 Å². The van der Waals surface area contributed by atoms with Gasteiger partial charge in [0.05, 0.1) is 0 Å². The minimum Gasteiger partial charge on any atom is -0.367 e. The lowest BCUT2D eigenvalue weighted by Gasteiger charge is -2.19. The fourth-order valence-electron chi connectivity index (χ4n) is 2.99. The predicted molar refractivity (Wildman–Crippen MR) is 83.4 cm³/mol. The molecule has 1 heterocycles. The highest BCUT2D eigenvalue weighted by molar-refractivity contribution is 6.30. The van der Waals surface area contributed by atoms with E-state index in [1.807, 2.05) is 6.92 Å². The molecule has 110 valence electrons. The minimum absolute atomic E-state index is 0.539. The summed E-state index contributed by atoms with van der Waals surface area (Å²) in [5.41, 5.74) is 0.994. The fraction of sp³-hybridized carbons (Fsp3) is 0.750. The van der Waals surface area contributed by atoms with Crippen molar-refractivity contribution in [2.24, 2.45) is 5.92 Å². The standard InChI is InChI=1S/C16H24ClN3/c1-10-4-3-5-13(9-6-10)18-15-11(2)14(17)19-16(20-15)12-7-8-12/h10,12-13H,3-9H2,1-2H3,(H,18,19,20). The zero-order valence-electron chi connectivity index (χ0n) is 12.5. The van der Waals surface area contributed by atoms with Crippen molar-refractivity contribution in [3.63, 3.8) is 0 Å². The molecule has 0 aromatic carbocycles. The van der Waals surface area contributed by atoms with Crippen molar-refractivity contribution >= 4 is 17.4 Å². The third-order valence-electron chi connectivity index (χ3n) is 4.64. The summed E-state index contributed by atoms with van der Waals surface area (Å²) in [5, 5.41) is 4.26. The van der Waals surface area contributed by atoms with Gasteiger partial charge in [0.25, 0.3) is 0 Å². The number of hydrogen-bond donors (Lipinski definition) is 1. The smallest absolute Gasteiger partial charge is 0.137 e. The van der Waals surface area contributed by atoms with E-state index in [0.29, 0.717) is 17.1 Å². The van der Waals surface area contributed by atoms with Crippen LogP contribution in [-0.2, 0) is 0 Å². The van der Waals surface area contributed by atoms with Gasteiger partial charge in [0.1, 0.15) is 16.8 Å². The molecule has 2 aliphatic carbocycles. The SMILES string of the molecule is Cc1c(Cl)nc(C2CC2)nc1NC1CCCC(C)CC1. The number of halogens is 1. The number of aromatic nitrogens is 2. The molecule has 0 spiro atoms. The molecule has 0 radical (unpaired) electrons. The van der Waals surface area contributed by atoms with Crippen LogP contribution in [0.4, 0.5) is 5.82 Å². The van der Waals surface area contributed by atoms with Gasteiger partial charge in [0.15, 0.2) is 0 Å². The van der Waals surface area contributed by atoms with Crippen LogP contribution in [0.5, 0.6) is 0 Å². The van der Waals surface area contributed by atoms with Crippen molar-refractivity contribution < 1.29 is 0 Å². The molecular formula is C16H24ClN3. The zero-order valence-corrected chi connectivity index (χ0v) is 13.2. The summed E-state index contributed by atoms with van der Waals surface area (Å²) < 4.78 is 0. The first-order valence-corrected chi connectivity index (χ1v) is 8.32. The first-order chi connectivity index (χ1) is 9.63. The number of hydrogen-bond acceptors (Lipinski definition) is 3. The molecule has 4 heteroatoms. The van der Waals surface area contributed by atoms with E-state index in [1.165, 1.54) is 44.9 Å². The molecule has 20 heavy (non-hydrogen) atoms. The van der Waals surface area contributed by atoms with Crippen LogP contribution in [0, 0.1) is 12.8 Å². The average Bonchev–Trinajstić information content (AvgIpc) is 3.24. The first kappa shape index (κ1) is 14.1. The van der Waals surface area contributed by atoms with Crippen LogP contribution in [0.25, 0.3) is 0 Å². The molecule has 2 saturated carbocycles. The molecule has 3 rings (SSSR count). The summed E-state index contributed by atoms with van der Waals surface area (Å²) in [5.74, 6) is 3.30. The summed E-state index contributed by atoms with van der Waals surface area (Å²) in [6.07, 6.45) is 8.87. The van der Waals surface area contributed by atoms with E-state index in [9.17, 15) is 0 Å². The van der Waals surface area contributed by atoms with E-state index in [0.717, 1.165) is 23.1 Å². The molecular weight excluding hydrogens is 270 g/mol. The first-order valence-electron chi connectivity index (χ1n) is 7.94. The number of nitrogens with zero attached hydrogens (tertiary/aromatic N) is 2. The van der Waals surface area contributed by atoms with E-state index >= 15 is 0 Å². The molecule has 1 aromatic heterocycles. The molecule has 2 unspecified atom stereocenters. The van der Waals surface area contributed by atoms with Crippen molar-refractivity contribution in [1.82, 2.24) is 9.97 Å². The highest BCUT2D eigenvalue weighted by Gasteiger charge is 2.28. The van der Waals surface area contributed by atoms with Gasteiger partial charge in [-0.2, -0.15) is 0 Å². The third kappa shape index (κ3) is 3.25.